The molecule has 0 saturated heterocycles. The number of carbonyl (C=O) groups is 4. The summed E-state index contributed by atoms with van der Waals surface area (Å²) >= 11 is 0. The molecular weight excluding hydrogens is 689 g/mol. The third-order valence-electron chi connectivity index (χ3n) is 14.6. The smallest absolute Gasteiger partial charge is 0.183 e. The molecule has 0 aliphatic heterocycles. The lowest BCUT2D eigenvalue weighted by atomic mass is 9.52. The largest absolute Gasteiger partial charge is 0.294 e. The number of ketones is 4. The Morgan fingerprint density at radius 2 is 0.964 bits per heavy atom. The molecule has 0 radical (unpaired) electrons. The second-order valence-corrected chi connectivity index (χ2v) is 17.9. The van der Waals surface area contributed by atoms with E-state index in [1.54, 1.807) is 0 Å². The van der Waals surface area contributed by atoms with E-state index in [1.165, 1.54) is 110 Å². The molecule has 6 aliphatic rings. The molecular formula is C52H66O4. The molecule has 6 aliphatic carbocycles. The van der Waals surface area contributed by atoms with E-state index in [1.807, 2.05) is 0 Å². The predicted molar refractivity (Wildman–Crippen MR) is 227 cm³/mol. The standard InChI is InChI=1S/C52H66O4/c1-5-9-13-17-21-35-25-27-37(23-19-15-11-7-3)39(33-35)45-47-46-41(53)29-30-42(54)49(46)52-44(56)32-31-43(55)51(52,50(45)52)48(47)40-34-36(22-18-14-10-6-2)26-28-38(40)24-20-16-12-8-4/h25-34,45,47-48,50H,5-24H2,1-4H3/t45-,47+,48+,50-,51+,52-/m0/s1. The minimum absolute atomic E-state index is 0.0218. The first kappa shape index (κ1) is 40.5. The second-order valence-electron chi connectivity index (χ2n) is 17.9. The zero-order valence-corrected chi connectivity index (χ0v) is 34.9. The van der Waals surface area contributed by atoms with Gasteiger partial charge in [-0.25, -0.2) is 0 Å². The Bertz CT molecular complexity index is 1920. The molecule has 2 aromatic rings. The zero-order chi connectivity index (χ0) is 39.5. The van der Waals surface area contributed by atoms with Gasteiger partial charge in [0.05, 0.1) is 10.8 Å². The van der Waals surface area contributed by atoms with E-state index in [4.69, 9.17) is 0 Å². The van der Waals surface area contributed by atoms with E-state index in [-0.39, 0.29) is 46.8 Å². The number of benzene rings is 2. The molecule has 4 nitrogen and oxygen atoms in total. The molecule has 2 aromatic carbocycles. The zero-order valence-electron chi connectivity index (χ0n) is 34.9. The fraction of sp³-hybridized carbons (Fsp3) is 0.577. The summed E-state index contributed by atoms with van der Waals surface area (Å²) in [5.41, 5.74) is 6.00. The number of aryl methyl sites for hydroxylation is 4. The Morgan fingerprint density at radius 3 is 1.52 bits per heavy atom. The Kier molecular flexibility index (Phi) is 12.6. The van der Waals surface area contributed by atoms with Gasteiger partial charge in [0.25, 0.3) is 0 Å². The van der Waals surface area contributed by atoms with Crippen LogP contribution in [-0.2, 0) is 44.9 Å². The van der Waals surface area contributed by atoms with Crippen molar-refractivity contribution < 1.29 is 19.2 Å². The van der Waals surface area contributed by atoms with Crippen LogP contribution >= 0.6 is 0 Å². The Labute approximate surface area is 337 Å². The number of carbonyl (C=O) groups excluding carboxylic acids is 4. The van der Waals surface area contributed by atoms with E-state index in [0.717, 1.165) is 76.2 Å². The third kappa shape index (κ3) is 6.69. The van der Waals surface area contributed by atoms with Crippen molar-refractivity contribution in [2.45, 2.75) is 168 Å². The third-order valence-corrected chi connectivity index (χ3v) is 14.6. The molecule has 0 aromatic heterocycles. The summed E-state index contributed by atoms with van der Waals surface area (Å²) in [6, 6.07) is 14.0. The maximum Gasteiger partial charge on any atom is 0.183 e. The van der Waals surface area contributed by atoms with Crippen LogP contribution in [0.3, 0.4) is 0 Å². The number of allylic oxidation sites excluding steroid dienone is 6. The van der Waals surface area contributed by atoms with Gasteiger partial charge in [0, 0.05) is 23.0 Å². The van der Waals surface area contributed by atoms with Crippen LogP contribution in [-0.4, -0.2) is 23.1 Å². The molecule has 2 saturated carbocycles. The minimum Gasteiger partial charge on any atom is -0.294 e. The van der Waals surface area contributed by atoms with Crippen LogP contribution in [0.1, 0.15) is 176 Å². The topological polar surface area (TPSA) is 68.3 Å². The van der Waals surface area contributed by atoms with E-state index in [0.29, 0.717) is 11.1 Å². The van der Waals surface area contributed by atoms with Crippen molar-refractivity contribution in [3.8, 4) is 0 Å². The highest BCUT2D eigenvalue weighted by molar-refractivity contribution is 6.30. The number of hydrogen-bond acceptors (Lipinski definition) is 4. The molecule has 4 heteroatoms. The summed E-state index contributed by atoms with van der Waals surface area (Å²) in [6.07, 6.45) is 28.1. The highest BCUT2D eigenvalue weighted by atomic mass is 16.2. The highest BCUT2D eigenvalue weighted by Crippen LogP contribution is 2.93. The lowest BCUT2D eigenvalue weighted by Gasteiger charge is -2.47. The fourth-order valence-corrected chi connectivity index (χ4v) is 12.1. The van der Waals surface area contributed by atoms with Crippen LogP contribution < -0.4 is 0 Å². The van der Waals surface area contributed by atoms with Gasteiger partial charge in [-0.15, -0.1) is 0 Å². The SMILES string of the molecule is CCCCCCc1ccc(CCCCCC)c([C@H]2[C@@H]3C4=C(C(=O)C=CC4=O)[C@]45C(=O)C=CC(=O)[C@@]4([C@@H]3c3cc(CCCCCC)ccc3CCCCCC)[C@H]25)c1. The van der Waals surface area contributed by atoms with E-state index >= 15 is 4.79 Å². The van der Waals surface area contributed by atoms with Gasteiger partial charge >= 0.3 is 0 Å². The van der Waals surface area contributed by atoms with Crippen molar-refractivity contribution >= 4 is 23.1 Å². The molecule has 4 bridgehead atoms. The van der Waals surface area contributed by atoms with Crippen molar-refractivity contribution in [3.05, 3.63) is 105 Å². The first-order valence-electron chi connectivity index (χ1n) is 22.8. The molecule has 2 fully saturated rings. The molecule has 0 amide bonds. The van der Waals surface area contributed by atoms with Crippen LogP contribution in [0.15, 0.2) is 71.8 Å². The number of hydrogen-bond donors (Lipinski definition) is 0. The summed E-state index contributed by atoms with van der Waals surface area (Å²) < 4.78 is 0. The monoisotopic (exact) mass is 754 g/mol. The number of unbranched alkanes of at least 4 members (excludes halogenated alkanes) is 12. The van der Waals surface area contributed by atoms with Crippen molar-refractivity contribution in [2.75, 3.05) is 0 Å². The van der Waals surface area contributed by atoms with E-state index in [2.05, 4.69) is 64.1 Å². The molecule has 298 valence electrons. The van der Waals surface area contributed by atoms with Gasteiger partial charge < -0.3 is 0 Å². The summed E-state index contributed by atoms with van der Waals surface area (Å²) in [5.74, 6) is -1.83. The normalized spacial score (nSPS) is 27.0. The molecule has 0 unspecified atom stereocenters. The minimum atomic E-state index is -1.30. The van der Waals surface area contributed by atoms with Crippen LogP contribution in [0.25, 0.3) is 0 Å². The van der Waals surface area contributed by atoms with E-state index < -0.39 is 10.8 Å². The van der Waals surface area contributed by atoms with Gasteiger partial charge in [-0.1, -0.05) is 141 Å². The molecule has 56 heavy (non-hydrogen) atoms. The summed E-state index contributed by atoms with van der Waals surface area (Å²) in [5, 5.41) is 0. The van der Waals surface area contributed by atoms with Crippen molar-refractivity contribution in [2.24, 2.45) is 22.7 Å². The number of rotatable bonds is 22. The van der Waals surface area contributed by atoms with Gasteiger partial charge in [0.15, 0.2) is 23.1 Å². The Morgan fingerprint density at radius 1 is 0.482 bits per heavy atom. The van der Waals surface area contributed by atoms with Gasteiger partial charge in [-0.3, -0.25) is 19.2 Å². The summed E-state index contributed by atoms with van der Waals surface area (Å²) in [4.78, 5) is 58.6. The van der Waals surface area contributed by atoms with Crippen molar-refractivity contribution in [1.29, 1.82) is 0 Å². The molecule has 8 rings (SSSR count). The second kappa shape index (κ2) is 17.5. The first-order valence-corrected chi connectivity index (χ1v) is 22.8. The van der Waals surface area contributed by atoms with Gasteiger partial charge in [-0.05, 0) is 121 Å². The molecule has 6 atom stereocenters. The Hall–Kier alpha value is -3.66. The average molecular weight is 755 g/mol. The summed E-state index contributed by atoms with van der Waals surface area (Å²) in [6.45, 7) is 8.96. The summed E-state index contributed by atoms with van der Waals surface area (Å²) in [7, 11) is 0. The van der Waals surface area contributed by atoms with Crippen molar-refractivity contribution in [3.63, 3.8) is 0 Å². The Balaban J connectivity index is 1.44. The van der Waals surface area contributed by atoms with E-state index in [9.17, 15) is 14.4 Å². The van der Waals surface area contributed by atoms with Crippen LogP contribution in [0.4, 0.5) is 0 Å². The highest BCUT2D eigenvalue weighted by Gasteiger charge is 2.96. The first-order chi connectivity index (χ1) is 27.3. The van der Waals surface area contributed by atoms with Gasteiger partial charge in [0.2, 0.25) is 0 Å². The molecule has 0 N–H and O–H groups in total. The van der Waals surface area contributed by atoms with Crippen molar-refractivity contribution in [1.82, 2.24) is 0 Å². The lowest BCUT2D eigenvalue weighted by Crippen LogP contribution is -2.49. The van der Waals surface area contributed by atoms with Crippen LogP contribution in [0, 0.1) is 22.7 Å². The van der Waals surface area contributed by atoms with Crippen LogP contribution in [0.2, 0.25) is 0 Å². The van der Waals surface area contributed by atoms with Gasteiger partial charge in [-0.2, -0.15) is 0 Å². The van der Waals surface area contributed by atoms with Gasteiger partial charge in [0.1, 0.15) is 0 Å². The molecule has 0 heterocycles. The maximum atomic E-state index is 15.1. The lowest BCUT2D eigenvalue weighted by molar-refractivity contribution is -0.131. The molecule has 2 spiro atoms. The predicted octanol–water partition coefficient (Wildman–Crippen LogP) is 12.0. The quantitative estimate of drug-likeness (QED) is 0.0886. The average Bonchev–Trinajstić information content (AvgIpc) is 3.77. The van der Waals surface area contributed by atoms with Crippen LogP contribution in [0.5, 0.6) is 0 Å². The maximum absolute atomic E-state index is 15.1. The fourth-order valence-electron chi connectivity index (χ4n) is 12.1.